The molecule has 1 amide bonds. The van der Waals surface area contributed by atoms with Gasteiger partial charge >= 0.3 is 12.1 Å². The first-order chi connectivity index (χ1) is 6.91. The van der Waals surface area contributed by atoms with Gasteiger partial charge in [0.15, 0.2) is 0 Å². The van der Waals surface area contributed by atoms with Gasteiger partial charge in [-0.15, -0.1) is 0 Å². The maximum absolute atomic E-state index is 11.0. The van der Waals surface area contributed by atoms with E-state index in [1.807, 2.05) is 6.92 Å². The van der Waals surface area contributed by atoms with Crippen LogP contribution in [0.2, 0.25) is 0 Å². The molecular weight excluding hydrogens is 198 g/mol. The molecule has 0 aliphatic rings. The predicted molar refractivity (Wildman–Crippen MR) is 55.7 cm³/mol. The molecule has 0 fully saturated rings. The van der Waals surface area contributed by atoms with Gasteiger partial charge in [-0.1, -0.05) is 6.92 Å². The molecule has 0 rings (SSSR count). The summed E-state index contributed by atoms with van der Waals surface area (Å²) in [6, 6.07) is 0. The molecule has 0 aromatic carbocycles. The van der Waals surface area contributed by atoms with Gasteiger partial charge in [0.25, 0.3) is 0 Å². The molecule has 0 spiro atoms. The summed E-state index contributed by atoms with van der Waals surface area (Å²) in [4.78, 5) is 21.3. The van der Waals surface area contributed by atoms with E-state index in [0.717, 1.165) is 0 Å². The molecule has 0 aliphatic heterocycles. The van der Waals surface area contributed by atoms with E-state index < -0.39 is 12.1 Å². The molecule has 0 saturated heterocycles. The number of hydrogen-bond donors (Lipinski definition) is 2. The number of carbonyl (C=O) groups excluding carboxylic acids is 1. The highest BCUT2D eigenvalue weighted by atomic mass is 16.6. The van der Waals surface area contributed by atoms with Gasteiger partial charge in [0.05, 0.1) is 6.10 Å². The van der Waals surface area contributed by atoms with E-state index in [4.69, 9.17) is 9.84 Å². The summed E-state index contributed by atoms with van der Waals surface area (Å²) in [6.45, 7) is 5.87. The molecule has 0 aromatic rings. The smallest absolute Gasteiger partial charge is 0.407 e. The Morgan fingerprint density at radius 2 is 1.93 bits per heavy atom. The van der Waals surface area contributed by atoms with Gasteiger partial charge in [-0.05, 0) is 26.2 Å². The average Bonchev–Trinajstić information content (AvgIpc) is 2.10. The molecule has 15 heavy (non-hydrogen) atoms. The topological polar surface area (TPSA) is 75.6 Å². The maximum atomic E-state index is 11.0. The van der Waals surface area contributed by atoms with E-state index in [2.05, 4.69) is 5.32 Å². The van der Waals surface area contributed by atoms with Crippen LogP contribution in [-0.4, -0.2) is 29.8 Å². The minimum Gasteiger partial charge on any atom is -0.481 e. The third-order valence-electron chi connectivity index (χ3n) is 1.79. The van der Waals surface area contributed by atoms with E-state index in [1.165, 1.54) is 0 Å². The summed E-state index contributed by atoms with van der Waals surface area (Å²) in [5.41, 5.74) is 0. The van der Waals surface area contributed by atoms with Gasteiger partial charge in [-0.25, -0.2) is 4.79 Å². The van der Waals surface area contributed by atoms with Crippen molar-refractivity contribution >= 4 is 12.1 Å². The lowest BCUT2D eigenvalue weighted by molar-refractivity contribution is -0.137. The van der Waals surface area contributed by atoms with Crippen LogP contribution in [0.4, 0.5) is 4.79 Å². The first-order valence-electron chi connectivity index (χ1n) is 5.08. The quantitative estimate of drug-likeness (QED) is 0.709. The molecule has 1 unspecified atom stereocenters. The molecule has 0 saturated carbocycles. The number of aliphatic carboxylic acids is 1. The van der Waals surface area contributed by atoms with E-state index in [-0.39, 0.29) is 18.4 Å². The van der Waals surface area contributed by atoms with Gasteiger partial charge in [0.1, 0.15) is 0 Å². The number of carboxylic acid groups (broad SMARTS) is 1. The SMILES string of the molecule is CC(CCC(=O)O)CNC(=O)OC(C)C. The summed E-state index contributed by atoms with van der Waals surface area (Å²) in [7, 11) is 0. The lowest BCUT2D eigenvalue weighted by Gasteiger charge is -2.13. The molecular formula is C10H19NO4. The molecule has 2 N–H and O–H groups in total. The van der Waals surface area contributed by atoms with Crippen molar-refractivity contribution in [1.82, 2.24) is 5.32 Å². The van der Waals surface area contributed by atoms with Crippen LogP contribution in [0.15, 0.2) is 0 Å². The third kappa shape index (κ3) is 9.05. The number of carboxylic acids is 1. The summed E-state index contributed by atoms with van der Waals surface area (Å²) >= 11 is 0. The molecule has 1 atom stereocenters. The number of rotatable bonds is 6. The first-order valence-corrected chi connectivity index (χ1v) is 5.08. The van der Waals surface area contributed by atoms with Gasteiger partial charge in [-0.3, -0.25) is 4.79 Å². The number of ether oxygens (including phenoxy) is 1. The van der Waals surface area contributed by atoms with Crippen LogP contribution in [0.3, 0.4) is 0 Å². The number of amides is 1. The van der Waals surface area contributed by atoms with E-state index in [0.29, 0.717) is 13.0 Å². The van der Waals surface area contributed by atoms with Crippen LogP contribution in [0.1, 0.15) is 33.6 Å². The van der Waals surface area contributed by atoms with Crippen molar-refractivity contribution in [3.63, 3.8) is 0 Å². The lowest BCUT2D eigenvalue weighted by atomic mass is 10.1. The van der Waals surface area contributed by atoms with Crippen LogP contribution in [0.25, 0.3) is 0 Å². The zero-order valence-corrected chi connectivity index (χ0v) is 9.45. The Labute approximate surface area is 89.8 Å². The highest BCUT2D eigenvalue weighted by Crippen LogP contribution is 2.03. The summed E-state index contributed by atoms with van der Waals surface area (Å²) < 4.78 is 4.86. The van der Waals surface area contributed by atoms with Gasteiger partial charge in [0.2, 0.25) is 0 Å². The molecule has 5 nitrogen and oxygen atoms in total. The van der Waals surface area contributed by atoms with Crippen molar-refractivity contribution in [2.45, 2.75) is 39.7 Å². The second kappa shape index (κ2) is 7.09. The largest absolute Gasteiger partial charge is 0.481 e. The Bertz CT molecular complexity index is 215. The minimum atomic E-state index is -0.813. The third-order valence-corrected chi connectivity index (χ3v) is 1.79. The van der Waals surface area contributed by atoms with Crippen LogP contribution in [-0.2, 0) is 9.53 Å². The zero-order chi connectivity index (χ0) is 11.8. The van der Waals surface area contributed by atoms with Gasteiger partial charge in [-0.2, -0.15) is 0 Å². The Balaban J connectivity index is 3.57. The fraction of sp³-hybridized carbons (Fsp3) is 0.800. The van der Waals surface area contributed by atoms with E-state index in [1.54, 1.807) is 13.8 Å². The Hall–Kier alpha value is -1.26. The number of carbonyl (C=O) groups is 2. The summed E-state index contributed by atoms with van der Waals surface area (Å²) in [5, 5.41) is 11.0. The molecule has 0 bridgehead atoms. The Kier molecular flexibility index (Phi) is 6.49. The minimum absolute atomic E-state index is 0.127. The van der Waals surface area contributed by atoms with Crippen molar-refractivity contribution in [3.8, 4) is 0 Å². The molecule has 5 heteroatoms. The number of alkyl carbamates (subject to hydrolysis) is 1. The molecule has 0 aliphatic carbocycles. The van der Waals surface area contributed by atoms with Crippen LogP contribution in [0, 0.1) is 5.92 Å². The van der Waals surface area contributed by atoms with Crippen molar-refractivity contribution in [2.75, 3.05) is 6.54 Å². The molecule has 0 heterocycles. The van der Waals surface area contributed by atoms with Gasteiger partial charge in [0, 0.05) is 13.0 Å². The fourth-order valence-electron chi connectivity index (χ4n) is 0.985. The van der Waals surface area contributed by atoms with Crippen molar-refractivity contribution in [1.29, 1.82) is 0 Å². The van der Waals surface area contributed by atoms with Crippen molar-refractivity contribution in [2.24, 2.45) is 5.92 Å². The highest BCUT2D eigenvalue weighted by molar-refractivity contribution is 5.67. The highest BCUT2D eigenvalue weighted by Gasteiger charge is 2.09. The lowest BCUT2D eigenvalue weighted by Crippen LogP contribution is -2.30. The van der Waals surface area contributed by atoms with Crippen LogP contribution < -0.4 is 5.32 Å². The second-order valence-electron chi connectivity index (χ2n) is 3.87. The predicted octanol–water partition coefficient (Wildman–Crippen LogP) is 1.62. The molecule has 0 radical (unpaired) electrons. The number of hydrogen-bond acceptors (Lipinski definition) is 3. The molecule has 0 aromatic heterocycles. The Morgan fingerprint density at radius 1 is 1.33 bits per heavy atom. The van der Waals surface area contributed by atoms with Crippen LogP contribution >= 0.6 is 0 Å². The van der Waals surface area contributed by atoms with Crippen molar-refractivity contribution < 1.29 is 19.4 Å². The molecule has 88 valence electrons. The summed E-state index contributed by atoms with van der Waals surface area (Å²) in [6.07, 6.45) is 0.0887. The van der Waals surface area contributed by atoms with Crippen LogP contribution in [0.5, 0.6) is 0 Å². The maximum Gasteiger partial charge on any atom is 0.407 e. The summed E-state index contributed by atoms with van der Waals surface area (Å²) in [5.74, 6) is -0.674. The second-order valence-corrected chi connectivity index (χ2v) is 3.87. The normalized spacial score (nSPS) is 12.3. The zero-order valence-electron chi connectivity index (χ0n) is 9.45. The van der Waals surface area contributed by atoms with E-state index >= 15 is 0 Å². The van der Waals surface area contributed by atoms with Crippen molar-refractivity contribution in [3.05, 3.63) is 0 Å². The monoisotopic (exact) mass is 217 g/mol. The Morgan fingerprint density at radius 3 is 2.40 bits per heavy atom. The average molecular weight is 217 g/mol. The first kappa shape index (κ1) is 13.7. The van der Waals surface area contributed by atoms with Gasteiger partial charge < -0.3 is 15.2 Å². The number of nitrogens with one attached hydrogen (secondary N) is 1. The fourth-order valence-corrected chi connectivity index (χ4v) is 0.985. The van der Waals surface area contributed by atoms with E-state index in [9.17, 15) is 9.59 Å². The standard InChI is InChI=1S/C10H19NO4/c1-7(2)15-10(14)11-6-8(3)4-5-9(12)13/h7-8H,4-6H2,1-3H3,(H,11,14)(H,12,13).